The van der Waals surface area contributed by atoms with Gasteiger partial charge in [-0.25, -0.2) is 8.42 Å². The van der Waals surface area contributed by atoms with E-state index in [1.54, 1.807) is 11.6 Å². The molecule has 1 aromatic carbocycles. The number of benzene rings is 1. The Kier molecular flexibility index (Phi) is 4.21. The van der Waals surface area contributed by atoms with Crippen LogP contribution in [0.2, 0.25) is 0 Å². The molecule has 1 saturated heterocycles. The van der Waals surface area contributed by atoms with Crippen molar-refractivity contribution in [2.75, 3.05) is 16.8 Å². The first-order valence-electron chi connectivity index (χ1n) is 7.89. The van der Waals surface area contributed by atoms with Crippen molar-refractivity contribution in [3.63, 3.8) is 0 Å². The fourth-order valence-corrected chi connectivity index (χ4v) is 4.92. The number of aromatic nitrogens is 2. The zero-order chi connectivity index (χ0) is 17.5. The number of rotatable bonds is 3. The lowest BCUT2D eigenvalue weighted by Gasteiger charge is -2.12. The van der Waals surface area contributed by atoms with Crippen molar-refractivity contribution in [2.45, 2.75) is 33.2 Å². The molecule has 0 aliphatic carbocycles. The highest BCUT2D eigenvalue weighted by molar-refractivity contribution is 7.91. The second kappa shape index (κ2) is 6.05. The Morgan fingerprint density at radius 1 is 1.21 bits per heavy atom. The average Bonchev–Trinajstić information content (AvgIpc) is 3.00. The molecule has 1 aromatic heterocycles. The molecule has 1 aliphatic rings. The van der Waals surface area contributed by atoms with Gasteiger partial charge in [-0.3, -0.25) is 9.48 Å². The van der Waals surface area contributed by atoms with E-state index in [-0.39, 0.29) is 23.5 Å². The van der Waals surface area contributed by atoms with E-state index in [0.717, 1.165) is 16.8 Å². The van der Waals surface area contributed by atoms with Crippen LogP contribution < -0.4 is 5.32 Å². The van der Waals surface area contributed by atoms with Gasteiger partial charge in [0.25, 0.3) is 5.91 Å². The molecular formula is C17H21N3O3S. The number of amides is 1. The van der Waals surface area contributed by atoms with Crippen molar-refractivity contribution in [1.29, 1.82) is 0 Å². The van der Waals surface area contributed by atoms with E-state index in [0.29, 0.717) is 17.7 Å². The van der Waals surface area contributed by atoms with Crippen LogP contribution in [0.4, 0.5) is 5.69 Å². The van der Waals surface area contributed by atoms with Gasteiger partial charge in [0, 0.05) is 11.4 Å². The molecule has 128 valence electrons. The number of anilines is 1. The number of hydrogen-bond acceptors (Lipinski definition) is 4. The Hall–Kier alpha value is -2.15. The molecule has 2 heterocycles. The summed E-state index contributed by atoms with van der Waals surface area (Å²) in [4.78, 5) is 12.5. The van der Waals surface area contributed by atoms with Crippen LogP contribution in [0.25, 0.3) is 0 Å². The first-order valence-corrected chi connectivity index (χ1v) is 9.71. The van der Waals surface area contributed by atoms with Gasteiger partial charge in [-0.15, -0.1) is 0 Å². The van der Waals surface area contributed by atoms with Gasteiger partial charge in [0.15, 0.2) is 9.84 Å². The van der Waals surface area contributed by atoms with Crippen LogP contribution in [0.15, 0.2) is 24.4 Å². The third kappa shape index (κ3) is 3.36. The van der Waals surface area contributed by atoms with Crippen molar-refractivity contribution < 1.29 is 13.2 Å². The summed E-state index contributed by atoms with van der Waals surface area (Å²) < 4.78 is 25.0. The van der Waals surface area contributed by atoms with Crippen LogP contribution in [0, 0.1) is 20.8 Å². The average molecular weight is 347 g/mol. The Balaban J connectivity index is 1.81. The van der Waals surface area contributed by atoms with Gasteiger partial charge in [-0.2, -0.15) is 5.10 Å². The first-order chi connectivity index (χ1) is 11.2. The van der Waals surface area contributed by atoms with Crippen molar-refractivity contribution >= 4 is 21.4 Å². The van der Waals surface area contributed by atoms with Crippen LogP contribution in [0.1, 0.15) is 39.6 Å². The number of aryl methyl sites for hydroxylation is 2. The second-order valence-corrected chi connectivity index (χ2v) is 8.70. The predicted octanol–water partition coefficient (Wildman–Crippen LogP) is 2.42. The van der Waals surface area contributed by atoms with Crippen LogP contribution in [-0.4, -0.2) is 35.6 Å². The molecule has 1 unspecified atom stereocenters. The molecule has 1 aliphatic heterocycles. The molecule has 7 heteroatoms. The van der Waals surface area contributed by atoms with Gasteiger partial charge in [-0.05, 0) is 50.5 Å². The summed E-state index contributed by atoms with van der Waals surface area (Å²) in [7, 11) is -2.99. The lowest BCUT2D eigenvalue weighted by atomic mass is 10.1. The highest BCUT2D eigenvalue weighted by Gasteiger charge is 2.31. The summed E-state index contributed by atoms with van der Waals surface area (Å²) in [6.07, 6.45) is 2.06. The summed E-state index contributed by atoms with van der Waals surface area (Å²) in [6, 6.07) is 5.68. The van der Waals surface area contributed by atoms with E-state index in [1.807, 2.05) is 32.0 Å². The minimum Gasteiger partial charge on any atom is -0.322 e. The molecule has 1 N–H and O–H groups in total. The van der Waals surface area contributed by atoms with Gasteiger partial charge in [0.2, 0.25) is 0 Å². The monoisotopic (exact) mass is 347 g/mol. The summed E-state index contributed by atoms with van der Waals surface area (Å²) in [5.74, 6) is 0.0407. The zero-order valence-electron chi connectivity index (χ0n) is 14.0. The fourth-order valence-electron chi connectivity index (χ4n) is 3.23. The van der Waals surface area contributed by atoms with Crippen LogP contribution >= 0.6 is 0 Å². The molecular weight excluding hydrogens is 326 g/mol. The van der Waals surface area contributed by atoms with Gasteiger partial charge < -0.3 is 5.32 Å². The number of sulfone groups is 1. The van der Waals surface area contributed by atoms with Crippen molar-refractivity contribution in [2.24, 2.45) is 0 Å². The smallest absolute Gasteiger partial charge is 0.259 e. The molecule has 0 bridgehead atoms. The zero-order valence-corrected chi connectivity index (χ0v) is 14.9. The molecule has 1 atom stereocenters. The molecule has 24 heavy (non-hydrogen) atoms. The maximum atomic E-state index is 12.5. The van der Waals surface area contributed by atoms with E-state index in [1.165, 1.54) is 6.20 Å². The van der Waals surface area contributed by atoms with Crippen LogP contribution in [0.5, 0.6) is 0 Å². The van der Waals surface area contributed by atoms with Gasteiger partial charge in [0.1, 0.15) is 0 Å². The number of hydrogen-bond donors (Lipinski definition) is 1. The van der Waals surface area contributed by atoms with E-state index in [4.69, 9.17) is 0 Å². The summed E-state index contributed by atoms with van der Waals surface area (Å²) in [5, 5.41) is 7.14. The Bertz CT molecular complexity index is 880. The Morgan fingerprint density at radius 3 is 2.46 bits per heavy atom. The maximum Gasteiger partial charge on any atom is 0.259 e. The highest BCUT2D eigenvalue weighted by Crippen LogP contribution is 2.25. The van der Waals surface area contributed by atoms with Crippen molar-refractivity contribution in [3.8, 4) is 0 Å². The molecule has 2 aromatic rings. The van der Waals surface area contributed by atoms with E-state index in [2.05, 4.69) is 10.4 Å². The van der Waals surface area contributed by atoms with Gasteiger partial charge in [0.05, 0.1) is 29.3 Å². The Morgan fingerprint density at radius 2 is 1.88 bits per heavy atom. The minimum absolute atomic E-state index is 0.0909. The number of carbonyl (C=O) groups is 1. The molecule has 0 saturated carbocycles. The highest BCUT2D eigenvalue weighted by atomic mass is 32.2. The maximum absolute atomic E-state index is 12.5. The van der Waals surface area contributed by atoms with Crippen molar-refractivity contribution in [3.05, 3.63) is 46.8 Å². The Labute approximate surface area is 141 Å². The lowest BCUT2D eigenvalue weighted by Crippen LogP contribution is -2.16. The van der Waals surface area contributed by atoms with Crippen LogP contribution in [0.3, 0.4) is 0 Å². The fraction of sp³-hybridized carbons (Fsp3) is 0.412. The first kappa shape index (κ1) is 16.7. The van der Waals surface area contributed by atoms with Gasteiger partial charge >= 0.3 is 0 Å². The van der Waals surface area contributed by atoms with Crippen molar-refractivity contribution in [1.82, 2.24) is 9.78 Å². The quantitative estimate of drug-likeness (QED) is 0.924. The lowest BCUT2D eigenvalue weighted by molar-refractivity contribution is 0.102. The number of carbonyl (C=O) groups excluding carboxylic acids is 1. The SMILES string of the molecule is Cc1cc(C)cc(NC(=O)c2cnn(C3CCS(=O)(=O)C3)c2C)c1. The van der Waals surface area contributed by atoms with Crippen LogP contribution in [-0.2, 0) is 9.84 Å². The molecule has 0 radical (unpaired) electrons. The summed E-state index contributed by atoms with van der Waals surface area (Å²) in [6.45, 7) is 5.76. The number of nitrogens with one attached hydrogen (secondary N) is 1. The second-order valence-electron chi connectivity index (χ2n) is 6.48. The minimum atomic E-state index is -2.99. The van der Waals surface area contributed by atoms with E-state index >= 15 is 0 Å². The molecule has 0 spiro atoms. The van der Waals surface area contributed by atoms with E-state index < -0.39 is 9.84 Å². The molecule has 6 nitrogen and oxygen atoms in total. The predicted molar refractivity (Wildman–Crippen MR) is 93.1 cm³/mol. The number of nitrogens with zero attached hydrogens (tertiary/aromatic N) is 2. The third-order valence-electron chi connectivity index (χ3n) is 4.32. The molecule has 3 rings (SSSR count). The molecule has 1 amide bonds. The topological polar surface area (TPSA) is 81.1 Å². The summed E-state index contributed by atoms with van der Waals surface area (Å²) in [5.41, 5.74) is 4.06. The standard InChI is InChI=1S/C17H21N3O3S/c1-11-6-12(2)8-14(7-11)19-17(21)16-9-18-20(13(16)3)15-4-5-24(22,23)10-15/h6-9,15H,4-5,10H2,1-3H3,(H,19,21). The van der Waals surface area contributed by atoms with Gasteiger partial charge in [-0.1, -0.05) is 6.07 Å². The summed E-state index contributed by atoms with van der Waals surface area (Å²) >= 11 is 0. The largest absolute Gasteiger partial charge is 0.322 e. The van der Waals surface area contributed by atoms with E-state index in [9.17, 15) is 13.2 Å². The third-order valence-corrected chi connectivity index (χ3v) is 6.07. The normalized spacial score (nSPS) is 19.4. The molecule has 1 fully saturated rings.